The van der Waals surface area contributed by atoms with Gasteiger partial charge in [-0.1, -0.05) is 35.1 Å². The van der Waals surface area contributed by atoms with E-state index in [-0.39, 0.29) is 22.2 Å². The number of rotatable bonds is 7. The standard InChI is InChI=1S/C24H16ClN5O5S2/c25-15-5-3-14(4-6-15)13-29-21(28-22(33)30(24(29)34)19-2-1-11-36-19)27-16-7-9-17(10-8-16)35-23-26-12-18(37-23)20(31)32/h1-12H,13H2,(H,31,32)(H,27,28,33). The number of thiophene rings is 1. The molecule has 2 aromatic carbocycles. The Kier molecular flexibility index (Phi) is 6.86. The number of thiazole rings is 1. The summed E-state index contributed by atoms with van der Waals surface area (Å²) in [5.74, 6) is -0.663. The molecule has 2 N–H and O–H groups in total. The molecule has 10 nitrogen and oxygen atoms in total. The topological polar surface area (TPSA) is 132 Å². The van der Waals surface area contributed by atoms with Crippen molar-refractivity contribution in [2.24, 2.45) is 4.99 Å². The van der Waals surface area contributed by atoms with Gasteiger partial charge >= 0.3 is 17.3 Å². The zero-order chi connectivity index (χ0) is 25.9. The highest BCUT2D eigenvalue weighted by molar-refractivity contribution is 7.15. The minimum absolute atomic E-state index is 0.0631. The van der Waals surface area contributed by atoms with E-state index in [2.05, 4.69) is 15.0 Å². The number of carboxylic acid groups (broad SMARTS) is 1. The predicted molar refractivity (Wildman–Crippen MR) is 140 cm³/mol. The van der Waals surface area contributed by atoms with Crippen molar-refractivity contribution in [3.05, 3.63) is 114 Å². The van der Waals surface area contributed by atoms with Gasteiger partial charge in [0.15, 0.2) is 0 Å². The Labute approximate surface area is 221 Å². The summed E-state index contributed by atoms with van der Waals surface area (Å²) in [4.78, 5) is 48.5. The maximum Gasteiger partial charge on any atom is 0.347 e. The maximum atomic E-state index is 13.4. The third kappa shape index (κ3) is 5.45. The molecule has 0 aliphatic heterocycles. The summed E-state index contributed by atoms with van der Waals surface area (Å²) < 4.78 is 8.04. The summed E-state index contributed by atoms with van der Waals surface area (Å²) in [6, 6.07) is 17.0. The Hall–Kier alpha value is -4.26. The van der Waals surface area contributed by atoms with Crippen LogP contribution in [0, 0.1) is 0 Å². The second-order valence-electron chi connectivity index (χ2n) is 7.54. The van der Waals surface area contributed by atoms with E-state index in [1.54, 1.807) is 66.0 Å². The van der Waals surface area contributed by atoms with Crippen LogP contribution < -0.4 is 21.7 Å². The largest absolute Gasteiger partial charge is 0.477 e. The molecule has 0 aliphatic rings. The lowest BCUT2D eigenvalue weighted by molar-refractivity contribution is 0.0702. The third-order valence-electron chi connectivity index (χ3n) is 5.05. The molecule has 0 atom stereocenters. The molecule has 0 unspecified atom stereocenters. The molecule has 0 saturated heterocycles. The number of aromatic nitrogens is 4. The molecular formula is C24H16ClN5O5S2. The van der Waals surface area contributed by atoms with E-state index < -0.39 is 17.3 Å². The molecule has 0 aliphatic carbocycles. The molecule has 0 saturated carbocycles. The fraction of sp³-hybridized carbons (Fsp3) is 0.0417. The van der Waals surface area contributed by atoms with Crippen molar-refractivity contribution < 1.29 is 14.6 Å². The summed E-state index contributed by atoms with van der Waals surface area (Å²) in [5, 5.41) is 12.0. The molecule has 37 heavy (non-hydrogen) atoms. The molecule has 3 aromatic heterocycles. The molecular weight excluding hydrogens is 538 g/mol. The van der Waals surface area contributed by atoms with Gasteiger partial charge < -0.3 is 9.84 Å². The van der Waals surface area contributed by atoms with Crippen LogP contribution in [0.5, 0.6) is 10.9 Å². The smallest absolute Gasteiger partial charge is 0.347 e. The second-order valence-corrected chi connectivity index (χ2v) is 9.89. The molecule has 0 bridgehead atoms. The van der Waals surface area contributed by atoms with Crippen LogP contribution >= 0.6 is 34.3 Å². The van der Waals surface area contributed by atoms with Crippen LogP contribution in [0.25, 0.3) is 5.00 Å². The number of hydrogen-bond acceptors (Lipinski definition) is 8. The number of halogens is 1. The van der Waals surface area contributed by atoms with Crippen molar-refractivity contribution in [2.75, 3.05) is 0 Å². The molecule has 0 fully saturated rings. The van der Waals surface area contributed by atoms with Gasteiger partial charge in [-0.05, 0) is 59.5 Å². The lowest BCUT2D eigenvalue weighted by Gasteiger charge is -2.10. The van der Waals surface area contributed by atoms with Gasteiger partial charge in [-0.25, -0.2) is 28.9 Å². The number of nitrogens with one attached hydrogen (secondary N) is 1. The number of hydrogen-bond donors (Lipinski definition) is 2. The van der Waals surface area contributed by atoms with Crippen molar-refractivity contribution in [1.29, 1.82) is 0 Å². The second kappa shape index (κ2) is 10.4. The van der Waals surface area contributed by atoms with E-state index in [1.165, 1.54) is 22.1 Å². The number of aromatic carboxylic acids is 1. The summed E-state index contributed by atoms with van der Waals surface area (Å²) in [6.07, 6.45) is 1.22. The van der Waals surface area contributed by atoms with Gasteiger partial charge in [-0.2, -0.15) is 0 Å². The first-order chi connectivity index (χ1) is 17.9. The van der Waals surface area contributed by atoms with Crippen LogP contribution in [0.15, 0.2) is 86.8 Å². The van der Waals surface area contributed by atoms with E-state index >= 15 is 0 Å². The molecule has 0 amide bonds. The monoisotopic (exact) mass is 553 g/mol. The summed E-state index contributed by atoms with van der Waals surface area (Å²) in [6.45, 7) is 0.147. The van der Waals surface area contributed by atoms with E-state index in [1.807, 2.05) is 0 Å². The molecule has 186 valence electrons. The molecule has 0 radical (unpaired) electrons. The fourth-order valence-electron chi connectivity index (χ4n) is 3.33. The SMILES string of the molecule is O=C(O)c1cnc(Oc2ccc(/N=c3\[nH]c(=O)n(-c4cccs4)c(=O)n3Cc3ccc(Cl)cc3)cc2)s1. The lowest BCUT2D eigenvalue weighted by atomic mass is 10.2. The zero-order valence-electron chi connectivity index (χ0n) is 18.7. The maximum absolute atomic E-state index is 13.4. The Morgan fingerprint density at radius 2 is 1.86 bits per heavy atom. The molecule has 13 heteroatoms. The Morgan fingerprint density at radius 3 is 2.51 bits per heavy atom. The van der Waals surface area contributed by atoms with Crippen LogP contribution in [0.2, 0.25) is 5.02 Å². The Balaban J connectivity index is 1.53. The fourth-order valence-corrected chi connectivity index (χ4v) is 4.80. The van der Waals surface area contributed by atoms with E-state index in [4.69, 9.17) is 21.4 Å². The van der Waals surface area contributed by atoms with Gasteiger partial charge in [0.2, 0.25) is 5.62 Å². The van der Waals surface area contributed by atoms with Crippen LogP contribution in [-0.4, -0.2) is 30.2 Å². The first-order valence-corrected chi connectivity index (χ1v) is 12.7. The average Bonchev–Trinajstić information content (AvgIpc) is 3.57. The van der Waals surface area contributed by atoms with Crippen LogP contribution in [0.1, 0.15) is 15.2 Å². The van der Waals surface area contributed by atoms with Crippen LogP contribution in [0.3, 0.4) is 0 Å². The van der Waals surface area contributed by atoms with Gasteiger partial charge in [0.25, 0.3) is 5.19 Å². The summed E-state index contributed by atoms with van der Waals surface area (Å²) in [7, 11) is 0. The van der Waals surface area contributed by atoms with E-state index in [9.17, 15) is 14.4 Å². The highest BCUT2D eigenvalue weighted by atomic mass is 35.5. The van der Waals surface area contributed by atoms with Gasteiger partial charge in [0.1, 0.15) is 15.6 Å². The summed E-state index contributed by atoms with van der Waals surface area (Å²) in [5.41, 5.74) is 0.152. The number of carboxylic acids is 1. The molecule has 3 heterocycles. The first-order valence-electron chi connectivity index (χ1n) is 10.6. The van der Waals surface area contributed by atoms with Crippen molar-refractivity contribution in [3.63, 3.8) is 0 Å². The van der Waals surface area contributed by atoms with Gasteiger partial charge in [-0.15, -0.1) is 11.3 Å². The normalized spacial score (nSPS) is 11.5. The van der Waals surface area contributed by atoms with Gasteiger partial charge in [0, 0.05) is 5.02 Å². The number of nitrogens with zero attached hydrogens (tertiary/aromatic N) is 4. The molecule has 0 spiro atoms. The van der Waals surface area contributed by atoms with Gasteiger partial charge in [-0.3, -0.25) is 9.55 Å². The van der Waals surface area contributed by atoms with Crippen molar-refractivity contribution in [3.8, 4) is 15.9 Å². The lowest BCUT2D eigenvalue weighted by Crippen LogP contribution is -2.49. The highest BCUT2D eigenvalue weighted by Gasteiger charge is 2.13. The van der Waals surface area contributed by atoms with Crippen molar-refractivity contribution in [1.82, 2.24) is 19.1 Å². The first kappa shape index (κ1) is 24.4. The summed E-state index contributed by atoms with van der Waals surface area (Å²) >= 11 is 8.17. The van der Waals surface area contributed by atoms with Crippen LogP contribution in [0.4, 0.5) is 5.69 Å². The predicted octanol–water partition coefficient (Wildman–Crippen LogP) is 4.27. The molecule has 5 aromatic rings. The van der Waals surface area contributed by atoms with Gasteiger partial charge in [0.05, 0.1) is 18.4 Å². The van der Waals surface area contributed by atoms with Crippen molar-refractivity contribution >= 4 is 45.9 Å². The number of aromatic amines is 1. The van der Waals surface area contributed by atoms with E-state index in [0.717, 1.165) is 21.5 Å². The number of H-pyrrole nitrogens is 1. The Morgan fingerprint density at radius 1 is 1.11 bits per heavy atom. The third-order valence-corrected chi connectivity index (χ3v) is 7.02. The minimum Gasteiger partial charge on any atom is -0.477 e. The minimum atomic E-state index is -1.08. The van der Waals surface area contributed by atoms with E-state index in [0.29, 0.717) is 21.5 Å². The zero-order valence-corrected chi connectivity index (χ0v) is 21.1. The van der Waals surface area contributed by atoms with Crippen molar-refractivity contribution in [2.45, 2.75) is 6.54 Å². The Bertz CT molecular complexity index is 1750. The number of benzene rings is 2. The average molecular weight is 554 g/mol. The number of ether oxygens (including phenoxy) is 1. The highest BCUT2D eigenvalue weighted by Crippen LogP contribution is 2.27. The number of carbonyl (C=O) groups is 1. The molecule has 5 rings (SSSR count). The quantitative estimate of drug-likeness (QED) is 0.309. The van der Waals surface area contributed by atoms with Crippen LogP contribution in [-0.2, 0) is 6.54 Å².